The summed E-state index contributed by atoms with van der Waals surface area (Å²) in [6, 6.07) is 19.6. The second kappa shape index (κ2) is 8.26. The van der Waals surface area contributed by atoms with Crippen molar-refractivity contribution in [3.63, 3.8) is 0 Å². The molecule has 0 spiro atoms. The van der Waals surface area contributed by atoms with Crippen molar-refractivity contribution in [3.8, 4) is 5.69 Å². The zero-order valence-corrected chi connectivity index (χ0v) is 17.1. The van der Waals surface area contributed by atoms with E-state index < -0.39 is 15.6 Å². The van der Waals surface area contributed by atoms with Gasteiger partial charge in [0.2, 0.25) is 10.0 Å². The summed E-state index contributed by atoms with van der Waals surface area (Å²) in [5.74, 6) is 0. The van der Waals surface area contributed by atoms with Crippen molar-refractivity contribution < 1.29 is 8.42 Å². The lowest BCUT2D eigenvalue weighted by Crippen LogP contribution is -2.49. The number of aromatic nitrogens is 2. The molecule has 1 heterocycles. The van der Waals surface area contributed by atoms with Crippen LogP contribution in [0.2, 0.25) is 0 Å². The molecule has 7 heteroatoms. The van der Waals surface area contributed by atoms with Gasteiger partial charge in [0.05, 0.1) is 18.1 Å². The SMILES string of the molecule is CC(NC(C)(C)CNS(=O)(=O)c1cnn(-c2ccccc2)c1)c1ccccc1. The monoisotopic (exact) mass is 398 g/mol. The van der Waals surface area contributed by atoms with Gasteiger partial charge in [0.25, 0.3) is 0 Å². The molecule has 0 amide bonds. The molecule has 0 fully saturated rings. The van der Waals surface area contributed by atoms with Gasteiger partial charge in [0.1, 0.15) is 4.90 Å². The maximum absolute atomic E-state index is 12.7. The molecule has 0 aliphatic carbocycles. The third-order valence-electron chi connectivity index (χ3n) is 4.50. The summed E-state index contributed by atoms with van der Waals surface area (Å²) < 4.78 is 29.6. The minimum atomic E-state index is -3.65. The van der Waals surface area contributed by atoms with Gasteiger partial charge >= 0.3 is 0 Å². The number of rotatable bonds is 8. The van der Waals surface area contributed by atoms with E-state index in [0.29, 0.717) is 0 Å². The molecule has 3 aromatic rings. The van der Waals surface area contributed by atoms with Gasteiger partial charge in [-0.05, 0) is 38.5 Å². The number of nitrogens with one attached hydrogen (secondary N) is 2. The Morgan fingerprint density at radius 1 is 1.04 bits per heavy atom. The van der Waals surface area contributed by atoms with Crippen LogP contribution in [0.1, 0.15) is 32.4 Å². The first kappa shape index (κ1) is 20.3. The number of benzene rings is 2. The third kappa shape index (κ3) is 5.07. The summed E-state index contributed by atoms with van der Waals surface area (Å²) in [5.41, 5.74) is 1.53. The van der Waals surface area contributed by atoms with Crippen molar-refractivity contribution in [2.75, 3.05) is 6.54 Å². The van der Waals surface area contributed by atoms with Crippen LogP contribution in [0, 0.1) is 0 Å². The summed E-state index contributed by atoms with van der Waals surface area (Å²) in [5, 5.41) is 7.65. The van der Waals surface area contributed by atoms with Crippen LogP contribution in [0.15, 0.2) is 78.0 Å². The lowest BCUT2D eigenvalue weighted by Gasteiger charge is -2.30. The summed E-state index contributed by atoms with van der Waals surface area (Å²) in [6.45, 7) is 6.27. The number of nitrogens with zero attached hydrogens (tertiary/aromatic N) is 2. The van der Waals surface area contributed by atoms with Crippen molar-refractivity contribution in [2.24, 2.45) is 0 Å². The molecule has 0 aliphatic heterocycles. The smallest absolute Gasteiger partial charge is 0.243 e. The zero-order valence-electron chi connectivity index (χ0n) is 16.3. The Hall–Kier alpha value is -2.48. The Labute approximate surface area is 166 Å². The summed E-state index contributed by atoms with van der Waals surface area (Å²) in [7, 11) is -3.65. The van der Waals surface area contributed by atoms with E-state index in [9.17, 15) is 8.42 Å². The highest BCUT2D eigenvalue weighted by atomic mass is 32.2. The molecule has 1 atom stereocenters. The van der Waals surface area contributed by atoms with E-state index >= 15 is 0 Å². The lowest BCUT2D eigenvalue weighted by atomic mass is 10.0. The maximum Gasteiger partial charge on any atom is 0.243 e. The Morgan fingerprint density at radius 2 is 1.64 bits per heavy atom. The normalized spacial score (nSPS) is 13.4. The Bertz CT molecular complexity index is 999. The van der Waals surface area contributed by atoms with Gasteiger partial charge in [0.15, 0.2) is 0 Å². The second-order valence-electron chi connectivity index (χ2n) is 7.44. The maximum atomic E-state index is 12.7. The van der Waals surface area contributed by atoms with Crippen LogP contribution >= 0.6 is 0 Å². The predicted molar refractivity (Wildman–Crippen MR) is 111 cm³/mol. The van der Waals surface area contributed by atoms with Gasteiger partial charge in [-0.2, -0.15) is 5.10 Å². The average molecular weight is 399 g/mol. The summed E-state index contributed by atoms with van der Waals surface area (Å²) in [4.78, 5) is 0.142. The van der Waals surface area contributed by atoms with Crippen LogP contribution in [0.25, 0.3) is 5.69 Å². The number of hydrogen-bond acceptors (Lipinski definition) is 4. The highest BCUT2D eigenvalue weighted by molar-refractivity contribution is 7.89. The first-order chi connectivity index (χ1) is 13.3. The fourth-order valence-electron chi connectivity index (χ4n) is 2.99. The van der Waals surface area contributed by atoms with Gasteiger partial charge in [-0.25, -0.2) is 17.8 Å². The number of para-hydroxylation sites is 1. The van der Waals surface area contributed by atoms with Gasteiger partial charge < -0.3 is 5.32 Å². The topological polar surface area (TPSA) is 76.0 Å². The second-order valence-corrected chi connectivity index (χ2v) is 9.21. The van der Waals surface area contributed by atoms with Crippen molar-refractivity contribution in [1.82, 2.24) is 19.8 Å². The minimum absolute atomic E-state index is 0.0986. The first-order valence-electron chi connectivity index (χ1n) is 9.19. The summed E-state index contributed by atoms with van der Waals surface area (Å²) >= 11 is 0. The van der Waals surface area contributed by atoms with Gasteiger partial charge in [-0.15, -0.1) is 0 Å². The van der Waals surface area contributed by atoms with Crippen molar-refractivity contribution in [1.29, 1.82) is 0 Å². The standard InChI is InChI=1S/C21H26N4O2S/c1-17(18-10-6-4-7-11-18)24-21(2,3)16-23-28(26,27)20-14-22-25(15-20)19-12-8-5-9-13-19/h4-15,17,23-24H,16H2,1-3H3. The van der Waals surface area contributed by atoms with E-state index in [4.69, 9.17) is 0 Å². The fourth-order valence-corrected chi connectivity index (χ4v) is 4.13. The van der Waals surface area contributed by atoms with Crippen molar-refractivity contribution in [2.45, 2.75) is 37.2 Å². The molecule has 28 heavy (non-hydrogen) atoms. The molecule has 0 radical (unpaired) electrons. The Morgan fingerprint density at radius 3 is 2.29 bits per heavy atom. The zero-order chi connectivity index (χ0) is 20.2. The number of hydrogen-bond donors (Lipinski definition) is 2. The molecule has 2 aromatic carbocycles. The quantitative estimate of drug-likeness (QED) is 0.611. The highest BCUT2D eigenvalue weighted by Crippen LogP contribution is 2.17. The average Bonchev–Trinajstić information content (AvgIpc) is 3.19. The van der Waals surface area contributed by atoms with Crippen LogP contribution in [-0.4, -0.2) is 30.3 Å². The molecule has 0 bridgehead atoms. The lowest BCUT2D eigenvalue weighted by molar-refractivity contribution is 0.346. The molecule has 1 aromatic heterocycles. The Kier molecular flexibility index (Phi) is 5.98. The fraction of sp³-hybridized carbons (Fsp3) is 0.286. The van der Waals surface area contributed by atoms with Gasteiger partial charge in [-0.3, -0.25) is 0 Å². The molecule has 2 N–H and O–H groups in total. The predicted octanol–water partition coefficient (Wildman–Crippen LogP) is 3.28. The molecule has 3 rings (SSSR count). The Balaban J connectivity index is 1.65. The van der Waals surface area contributed by atoms with E-state index in [0.717, 1.165) is 11.3 Å². The van der Waals surface area contributed by atoms with Gasteiger partial charge in [-0.1, -0.05) is 48.5 Å². The molecular formula is C21H26N4O2S. The van der Waals surface area contributed by atoms with E-state index in [1.165, 1.54) is 12.4 Å². The molecule has 0 saturated heterocycles. The third-order valence-corrected chi connectivity index (χ3v) is 5.86. The molecule has 0 saturated carbocycles. The number of sulfonamides is 1. The molecule has 6 nitrogen and oxygen atoms in total. The molecule has 0 aliphatic rings. The highest BCUT2D eigenvalue weighted by Gasteiger charge is 2.25. The van der Waals surface area contributed by atoms with Crippen LogP contribution in [0.5, 0.6) is 0 Å². The van der Waals surface area contributed by atoms with E-state index in [1.807, 2.05) is 62.4 Å². The molecule has 148 valence electrons. The minimum Gasteiger partial charge on any atom is -0.304 e. The van der Waals surface area contributed by atoms with E-state index in [2.05, 4.69) is 34.2 Å². The van der Waals surface area contributed by atoms with Crippen LogP contribution in [0.3, 0.4) is 0 Å². The van der Waals surface area contributed by atoms with E-state index in [-0.39, 0.29) is 17.5 Å². The molecule has 1 unspecified atom stereocenters. The largest absolute Gasteiger partial charge is 0.304 e. The van der Waals surface area contributed by atoms with E-state index in [1.54, 1.807) is 4.68 Å². The first-order valence-corrected chi connectivity index (χ1v) is 10.7. The summed E-state index contributed by atoms with van der Waals surface area (Å²) in [6.07, 6.45) is 2.88. The van der Waals surface area contributed by atoms with Crippen molar-refractivity contribution >= 4 is 10.0 Å². The van der Waals surface area contributed by atoms with Crippen LogP contribution in [0.4, 0.5) is 0 Å². The van der Waals surface area contributed by atoms with Gasteiger partial charge in [0, 0.05) is 18.1 Å². The van der Waals surface area contributed by atoms with Crippen molar-refractivity contribution in [3.05, 3.63) is 78.6 Å². The van der Waals surface area contributed by atoms with Crippen LogP contribution < -0.4 is 10.0 Å². The van der Waals surface area contributed by atoms with Crippen LogP contribution in [-0.2, 0) is 10.0 Å². The molecular weight excluding hydrogens is 372 g/mol.